The van der Waals surface area contributed by atoms with Gasteiger partial charge in [-0.25, -0.2) is 13.1 Å². The number of carbonyl (C=O) groups excluding carboxylic acids is 5. The third-order valence-corrected chi connectivity index (χ3v) is 12.5. The first-order chi connectivity index (χ1) is 28.5. The molecule has 4 amide bonds. The van der Waals surface area contributed by atoms with Gasteiger partial charge < -0.3 is 36.8 Å². The quantitative estimate of drug-likeness (QED) is 0.0784. The van der Waals surface area contributed by atoms with Crippen molar-refractivity contribution in [1.29, 1.82) is 0 Å². The van der Waals surface area contributed by atoms with Crippen LogP contribution in [0.3, 0.4) is 0 Å². The van der Waals surface area contributed by atoms with Crippen LogP contribution in [-0.2, 0) is 40.4 Å². The molecular formula is C44H68N6O9S. The number of hydrogen-bond acceptors (Lipinski definition) is 10. The fraction of sp³-hybridized carbons (Fsp3) is 0.614. The molecule has 16 heteroatoms. The van der Waals surface area contributed by atoms with Crippen LogP contribution in [0.5, 0.6) is 11.5 Å². The highest BCUT2D eigenvalue weighted by molar-refractivity contribution is 7.89. The lowest BCUT2D eigenvalue weighted by atomic mass is 9.91. The third kappa shape index (κ3) is 15.8. The molecule has 334 valence electrons. The molecule has 0 fully saturated rings. The number of aromatic hydroxyl groups is 2. The largest absolute Gasteiger partial charge is 0.507 e. The van der Waals surface area contributed by atoms with Crippen LogP contribution in [0.1, 0.15) is 128 Å². The number of Topliss-reactive ketones (excluding diaryl/α,β-unsaturated/α-hetero) is 1. The second-order valence-electron chi connectivity index (χ2n) is 16.2. The highest BCUT2D eigenvalue weighted by atomic mass is 32.2. The third-order valence-electron chi connectivity index (χ3n) is 11.1. The molecular weight excluding hydrogens is 789 g/mol. The highest BCUT2D eigenvalue weighted by Crippen LogP contribution is 2.38. The molecule has 0 spiro atoms. The molecule has 0 saturated heterocycles. The zero-order valence-electron chi connectivity index (χ0n) is 36.1. The molecule has 1 heterocycles. The highest BCUT2D eigenvalue weighted by Gasteiger charge is 2.33. The van der Waals surface area contributed by atoms with Crippen molar-refractivity contribution in [3.05, 3.63) is 47.5 Å². The van der Waals surface area contributed by atoms with Gasteiger partial charge >= 0.3 is 0 Å². The summed E-state index contributed by atoms with van der Waals surface area (Å²) in [5.41, 5.74) is 6.92. The molecule has 4 bridgehead atoms. The number of unbranched alkanes of at least 4 members (excludes halogenated alkanes) is 10. The summed E-state index contributed by atoms with van der Waals surface area (Å²) in [7, 11) is -2.38. The molecule has 5 atom stereocenters. The van der Waals surface area contributed by atoms with Crippen molar-refractivity contribution in [2.24, 2.45) is 5.73 Å². The van der Waals surface area contributed by atoms with Crippen molar-refractivity contribution in [3.63, 3.8) is 0 Å². The molecule has 0 saturated carbocycles. The molecule has 8 N–H and O–H groups in total. The van der Waals surface area contributed by atoms with Crippen LogP contribution < -0.4 is 26.4 Å². The topological polar surface area (TPSA) is 237 Å². The minimum absolute atomic E-state index is 0.0540. The van der Waals surface area contributed by atoms with Gasteiger partial charge in [-0.3, -0.25) is 24.0 Å². The van der Waals surface area contributed by atoms with Crippen LogP contribution >= 0.6 is 0 Å². The lowest BCUT2D eigenvalue weighted by Gasteiger charge is -2.29. The van der Waals surface area contributed by atoms with E-state index in [1.807, 2.05) is 0 Å². The lowest BCUT2D eigenvalue weighted by Crippen LogP contribution is -2.56. The van der Waals surface area contributed by atoms with Gasteiger partial charge in [0.05, 0.1) is 17.7 Å². The van der Waals surface area contributed by atoms with Crippen molar-refractivity contribution < 1.29 is 42.6 Å². The van der Waals surface area contributed by atoms with E-state index in [4.69, 9.17) is 5.73 Å². The Morgan fingerprint density at radius 3 is 2.08 bits per heavy atom. The number of hydrogen-bond donors (Lipinski definition) is 7. The summed E-state index contributed by atoms with van der Waals surface area (Å²) in [6.07, 6.45) is 11.6. The number of nitrogens with two attached hydrogens (primary N) is 1. The van der Waals surface area contributed by atoms with Gasteiger partial charge in [-0.15, -0.1) is 0 Å². The molecule has 1 unspecified atom stereocenters. The van der Waals surface area contributed by atoms with E-state index >= 15 is 0 Å². The molecule has 2 aromatic carbocycles. The Kier molecular flexibility index (Phi) is 20.5. The monoisotopic (exact) mass is 856 g/mol. The van der Waals surface area contributed by atoms with E-state index < -0.39 is 63.7 Å². The normalized spacial score (nSPS) is 18.1. The van der Waals surface area contributed by atoms with Gasteiger partial charge in [-0.2, -0.15) is 0 Å². The number of amides is 4. The van der Waals surface area contributed by atoms with Crippen molar-refractivity contribution in [2.45, 2.75) is 148 Å². The number of ketones is 1. The maximum atomic E-state index is 14.2. The van der Waals surface area contributed by atoms with E-state index in [-0.39, 0.29) is 53.5 Å². The van der Waals surface area contributed by atoms with Crippen molar-refractivity contribution in [2.75, 3.05) is 25.9 Å². The SMILES string of the molecule is CCCCCCCCCCCCS(=O)(=O)N[C@@H](CCCCN)C(=O)N(C)CC1C(=O)N[C@@H](C)C(=O)N[C@H](C(=O)N[C@@H](C)C(C)=O)Cc2ccc(O)c(c2)-c2cc1ccc2O. The summed E-state index contributed by atoms with van der Waals surface area (Å²) in [4.78, 5) is 68.4. The van der Waals surface area contributed by atoms with Gasteiger partial charge in [-0.1, -0.05) is 83.3 Å². The number of nitrogens with zero attached hydrogens (tertiary/aromatic N) is 1. The zero-order chi connectivity index (χ0) is 44.4. The summed E-state index contributed by atoms with van der Waals surface area (Å²) < 4.78 is 29.3. The standard InChI is InChI=1S/C44H68N6O9S/c1-6-7-8-9-10-11-12-13-14-17-24-60(58,59)49-37(18-15-16-23-45)44(57)50(5)28-36-33-20-22-40(53)35(27-33)34-25-32(19-21-39(34)52)26-38(43(56)46-29(2)31(4)51)48-41(54)30(3)47-42(36)55/h19-22,25,27,29-30,36-38,49,52-53H,6-18,23-24,26,28,45H2,1-5H3,(H,46,56)(H,47,55)(H,48,54)/t29-,30-,36?,37-,38-/m0/s1. The number of likely N-dealkylation sites (N-methyl/N-ethyl adjacent to an activating group) is 1. The molecule has 1 aliphatic rings. The molecule has 15 nitrogen and oxygen atoms in total. The minimum Gasteiger partial charge on any atom is -0.507 e. The Bertz CT molecular complexity index is 1870. The van der Waals surface area contributed by atoms with Gasteiger partial charge in [0.15, 0.2) is 5.78 Å². The average Bonchev–Trinajstić information content (AvgIpc) is 3.20. The average molecular weight is 857 g/mol. The Morgan fingerprint density at radius 2 is 1.47 bits per heavy atom. The lowest BCUT2D eigenvalue weighted by molar-refractivity contribution is -0.134. The Balaban J connectivity index is 1.88. The van der Waals surface area contributed by atoms with Crippen LogP contribution in [0.4, 0.5) is 0 Å². The van der Waals surface area contributed by atoms with E-state index in [9.17, 15) is 42.6 Å². The van der Waals surface area contributed by atoms with Crippen LogP contribution in [-0.4, -0.2) is 103 Å². The number of rotatable bonds is 23. The van der Waals surface area contributed by atoms with E-state index in [1.165, 1.54) is 89.1 Å². The molecule has 0 aliphatic carbocycles. The molecule has 60 heavy (non-hydrogen) atoms. The second-order valence-corrected chi connectivity index (χ2v) is 18.1. The minimum atomic E-state index is -3.84. The number of fused-ring (bicyclic) bond motifs is 5. The predicted molar refractivity (Wildman–Crippen MR) is 233 cm³/mol. The predicted octanol–water partition coefficient (Wildman–Crippen LogP) is 4.28. The maximum absolute atomic E-state index is 14.2. The van der Waals surface area contributed by atoms with Gasteiger partial charge in [-0.05, 0) is 82.0 Å². The second kappa shape index (κ2) is 24.7. The Morgan fingerprint density at radius 1 is 0.867 bits per heavy atom. The van der Waals surface area contributed by atoms with Crippen LogP contribution in [0.15, 0.2) is 36.4 Å². The van der Waals surface area contributed by atoms with E-state index in [0.717, 1.165) is 25.7 Å². The molecule has 1 aliphatic heterocycles. The number of benzene rings is 2. The molecule has 3 rings (SSSR count). The number of phenolic OH excluding ortho intramolecular Hbond substituents is 2. The smallest absolute Gasteiger partial charge is 0.243 e. The fourth-order valence-corrected chi connectivity index (χ4v) is 8.55. The number of nitrogens with one attached hydrogen (secondary N) is 4. The van der Waals surface area contributed by atoms with E-state index in [1.54, 1.807) is 12.1 Å². The molecule has 0 radical (unpaired) electrons. The number of sulfonamides is 1. The summed E-state index contributed by atoms with van der Waals surface area (Å²) >= 11 is 0. The Labute approximate surface area is 356 Å². The first-order valence-electron chi connectivity index (χ1n) is 21.5. The van der Waals surface area contributed by atoms with Crippen molar-refractivity contribution >= 4 is 39.4 Å². The summed E-state index contributed by atoms with van der Waals surface area (Å²) in [5, 5.41) is 30.0. The zero-order valence-corrected chi connectivity index (χ0v) is 36.9. The van der Waals surface area contributed by atoms with Crippen LogP contribution in [0.25, 0.3) is 11.1 Å². The summed E-state index contributed by atoms with van der Waals surface area (Å²) in [6, 6.07) is 4.57. The first-order valence-corrected chi connectivity index (χ1v) is 23.1. The Hall–Kier alpha value is -4.54. The maximum Gasteiger partial charge on any atom is 0.243 e. The summed E-state index contributed by atoms with van der Waals surface area (Å²) in [6.45, 7) is 6.58. The van der Waals surface area contributed by atoms with Crippen molar-refractivity contribution in [1.82, 2.24) is 25.6 Å². The van der Waals surface area contributed by atoms with Crippen molar-refractivity contribution in [3.8, 4) is 22.6 Å². The van der Waals surface area contributed by atoms with E-state index in [2.05, 4.69) is 27.6 Å². The van der Waals surface area contributed by atoms with Crippen LogP contribution in [0.2, 0.25) is 0 Å². The van der Waals surface area contributed by atoms with Gasteiger partial charge in [0.1, 0.15) is 29.6 Å². The number of carbonyl (C=O) groups is 5. The molecule has 2 aromatic rings. The number of phenols is 2. The van der Waals surface area contributed by atoms with Gasteiger partial charge in [0, 0.05) is 31.1 Å². The summed E-state index contributed by atoms with van der Waals surface area (Å²) in [5.74, 6) is -4.56. The van der Waals surface area contributed by atoms with Gasteiger partial charge in [0.25, 0.3) is 0 Å². The molecule has 0 aromatic heterocycles. The fourth-order valence-electron chi connectivity index (χ4n) is 7.20. The van der Waals surface area contributed by atoms with Crippen LogP contribution in [0, 0.1) is 0 Å². The van der Waals surface area contributed by atoms with E-state index in [0.29, 0.717) is 36.9 Å². The van der Waals surface area contributed by atoms with Gasteiger partial charge in [0.2, 0.25) is 33.7 Å². The first kappa shape index (κ1) is 49.8.